The average molecular weight is 773 g/mol. The first-order valence-electron chi connectivity index (χ1n) is 20.5. The summed E-state index contributed by atoms with van der Waals surface area (Å²) in [5, 5.41) is 0. The molecule has 0 fully saturated rings. The molecule has 54 heavy (non-hydrogen) atoms. The Morgan fingerprint density at radius 3 is 1.24 bits per heavy atom. The van der Waals surface area contributed by atoms with Gasteiger partial charge in [0.2, 0.25) is 0 Å². The Balaban J connectivity index is 4.03. The number of carbonyl (C=O) groups is 2. The molecule has 0 radical (unpaired) electrons. The smallest absolute Gasteiger partial charge is 0.462 e. The van der Waals surface area contributed by atoms with Gasteiger partial charge in [0.25, 0.3) is 0 Å². The van der Waals surface area contributed by atoms with Crippen LogP contribution in [0.1, 0.15) is 155 Å². The van der Waals surface area contributed by atoms with Gasteiger partial charge in [0.15, 0.2) is 6.10 Å². The molecule has 306 valence electrons. The van der Waals surface area contributed by atoms with E-state index in [4.69, 9.17) is 19.3 Å². The van der Waals surface area contributed by atoms with Crippen LogP contribution in [0.4, 0.5) is 0 Å². The molecule has 0 rings (SSSR count). The monoisotopic (exact) mass is 773 g/mol. The van der Waals surface area contributed by atoms with Crippen molar-refractivity contribution in [1.82, 2.24) is 0 Å². The molecule has 0 aromatic carbocycles. The topological polar surface area (TPSA) is 119 Å². The first-order valence-corrected chi connectivity index (χ1v) is 22.1. The molecule has 2 N–H and O–H groups in total. The van der Waals surface area contributed by atoms with Gasteiger partial charge >= 0.3 is 19.8 Å². The van der Waals surface area contributed by atoms with E-state index in [1.807, 2.05) is 0 Å². The maximum atomic E-state index is 12.4. The lowest BCUT2D eigenvalue weighted by molar-refractivity contribution is -0.161. The summed E-state index contributed by atoms with van der Waals surface area (Å²) in [5.74, 6) is -0.939. The molecule has 0 aliphatic rings. The predicted molar refractivity (Wildman–Crippen MR) is 225 cm³/mol. The Bertz CT molecular complexity index is 1190. The fraction of sp³-hybridized carbons (Fsp3) is 0.600. The zero-order valence-corrected chi connectivity index (χ0v) is 34.5. The van der Waals surface area contributed by atoms with Crippen molar-refractivity contribution in [2.24, 2.45) is 0 Å². The highest BCUT2D eigenvalue weighted by Crippen LogP contribution is 2.36. The summed E-state index contributed by atoms with van der Waals surface area (Å²) in [6.07, 6.45) is 54.1. The molecule has 0 amide bonds. The molecule has 0 saturated carbocycles. The van der Waals surface area contributed by atoms with Crippen molar-refractivity contribution in [3.8, 4) is 0 Å². The minimum atomic E-state index is -4.77. The first-order chi connectivity index (χ1) is 26.3. The van der Waals surface area contributed by atoms with Crippen LogP contribution in [0.3, 0.4) is 0 Å². The molecule has 1 unspecified atom stereocenters. The van der Waals surface area contributed by atoms with Crippen molar-refractivity contribution in [2.45, 2.75) is 161 Å². The van der Waals surface area contributed by atoms with Gasteiger partial charge in [-0.1, -0.05) is 150 Å². The van der Waals surface area contributed by atoms with Gasteiger partial charge in [0.1, 0.15) is 6.61 Å². The Kier molecular flexibility index (Phi) is 37.4. The third-order valence-corrected chi connectivity index (χ3v) is 8.58. The molecule has 1 atom stereocenters. The summed E-state index contributed by atoms with van der Waals surface area (Å²) in [7, 11) is -4.77. The van der Waals surface area contributed by atoms with Gasteiger partial charge in [-0.3, -0.25) is 14.1 Å². The van der Waals surface area contributed by atoms with E-state index < -0.39 is 32.5 Å². The number of phosphoric ester groups is 1. The van der Waals surface area contributed by atoms with Crippen molar-refractivity contribution in [3.63, 3.8) is 0 Å². The van der Waals surface area contributed by atoms with Crippen LogP contribution >= 0.6 is 7.82 Å². The lowest BCUT2D eigenvalue weighted by Crippen LogP contribution is -2.29. The second-order valence-corrected chi connectivity index (χ2v) is 14.4. The quantitative estimate of drug-likeness (QED) is 0.0280. The Morgan fingerprint density at radius 2 is 0.833 bits per heavy atom. The Hall–Kier alpha value is -3.03. The van der Waals surface area contributed by atoms with Gasteiger partial charge in [-0.25, -0.2) is 4.57 Å². The molecule has 0 aliphatic carbocycles. The summed E-state index contributed by atoms with van der Waals surface area (Å²) >= 11 is 0. The second-order valence-electron chi connectivity index (χ2n) is 13.2. The van der Waals surface area contributed by atoms with Gasteiger partial charge in [0, 0.05) is 12.8 Å². The van der Waals surface area contributed by atoms with Crippen LogP contribution < -0.4 is 0 Å². The largest absolute Gasteiger partial charge is 0.469 e. The third-order valence-electron chi connectivity index (χ3n) is 8.10. The maximum absolute atomic E-state index is 12.4. The molecule has 0 aliphatic heterocycles. The van der Waals surface area contributed by atoms with Crippen molar-refractivity contribution in [2.75, 3.05) is 13.2 Å². The molecule has 9 heteroatoms. The van der Waals surface area contributed by atoms with Gasteiger partial charge in [0.05, 0.1) is 6.61 Å². The van der Waals surface area contributed by atoms with Crippen LogP contribution in [-0.4, -0.2) is 41.0 Å². The van der Waals surface area contributed by atoms with Crippen LogP contribution in [0, 0.1) is 0 Å². The minimum absolute atomic E-state index is 0.184. The number of carbonyl (C=O) groups excluding carboxylic acids is 2. The summed E-state index contributed by atoms with van der Waals surface area (Å²) in [6.45, 7) is 3.41. The highest BCUT2D eigenvalue weighted by atomic mass is 31.2. The highest BCUT2D eigenvalue weighted by molar-refractivity contribution is 7.46. The van der Waals surface area contributed by atoms with Gasteiger partial charge in [-0.15, -0.1) is 0 Å². The maximum Gasteiger partial charge on any atom is 0.469 e. The summed E-state index contributed by atoms with van der Waals surface area (Å²) < 4.78 is 26.4. The summed E-state index contributed by atoms with van der Waals surface area (Å²) in [4.78, 5) is 42.9. The van der Waals surface area contributed by atoms with E-state index >= 15 is 0 Å². The van der Waals surface area contributed by atoms with Crippen LogP contribution in [0.2, 0.25) is 0 Å². The van der Waals surface area contributed by atoms with Gasteiger partial charge in [-0.05, 0) is 89.9 Å². The second kappa shape index (κ2) is 39.7. The molecule has 0 aromatic heterocycles. The normalized spacial score (nSPS) is 13.5. The zero-order chi connectivity index (χ0) is 39.6. The van der Waals surface area contributed by atoms with E-state index in [1.165, 1.54) is 0 Å². The highest BCUT2D eigenvalue weighted by Gasteiger charge is 2.22. The molecule has 0 bridgehead atoms. The fourth-order valence-corrected chi connectivity index (χ4v) is 5.48. The Labute approximate surface area is 328 Å². The van der Waals surface area contributed by atoms with Crippen molar-refractivity contribution in [3.05, 3.63) is 97.2 Å². The number of hydrogen-bond acceptors (Lipinski definition) is 6. The third kappa shape index (κ3) is 41.7. The zero-order valence-electron chi connectivity index (χ0n) is 33.6. The number of unbranched alkanes of at least 4 members (excludes halogenated alkanes) is 10. The lowest BCUT2D eigenvalue weighted by Gasteiger charge is -2.18. The van der Waals surface area contributed by atoms with Crippen molar-refractivity contribution in [1.29, 1.82) is 0 Å². The standard InChI is InChI=1S/C45H73O8P/c1-3-5-7-9-11-13-15-17-19-21-22-24-26-28-30-32-34-36-38-40-45(47)53-43(42-52-54(48,49)50)41-51-44(46)39-37-35-33-31-29-27-25-23-20-18-16-14-12-10-8-6-4-2/h5-8,11-14,17-20,22,24-25,27,43H,3-4,9-10,15-16,21,23,26,28-42H2,1-2H3,(H2,48,49,50)/b7-5-,8-6-,13-11-,14-12-,19-17-,20-18-,24-22-,27-25-. The predicted octanol–water partition coefficient (Wildman–Crippen LogP) is 12.6. The van der Waals surface area contributed by atoms with Gasteiger partial charge in [-0.2, -0.15) is 0 Å². The molecular formula is C45H73O8P. The Morgan fingerprint density at radius 1 is 0.481 bits per heavy atom. The average Bonchev–Trinajstić information content (AvgIpc) is 3.14. The van der Waals surface area contributed by atoms with Crippen LogP contribution in [0.25, 0.3) is 0 Å². The van der Waals surface area contributed by atoms with E-state index in [0.717, 1.165) is 116 Å². The van der Waals surface area contributed by atoms with Crippen LogP contribution in [-0.2, 0) is 28.2 Å². The molecular weight excluding hydrogens is 699 g/mol. The number of rotatable bonds is 36. The first kappa shape index (κ1) is 51.0. The van der Waals surface area contributed by atoms with Crippen LogP contribution in [0.5, 0.6) is 0 Å². The van der Waals surface area contributed by atoms with E-state index in [-0.39, 0.29) is 19.4 Å². The summed E-state index contributed by atoms with van der Waals surface area (Å²) in [6, 6.07) is 0. The molecule has 0 aromatic rings. The fourth-order valence-electron chi connectivity index (χ4n) is 5.12. The number of allylic oxidation sites excluding steroid dienone is 16. The minimum Gasteiger partial charge on any atom is -0.462 e. The molecule has 8 nitrogen and oxygen atoms in total. The number of hydrogen-bond donors (Lipinski definition) is 2. The SMILES string of the molecule is CC/C=C\C/C=C\C/C=C\C/C=C\CCCCCCCCC(=O)OC(COC(=O)CCCCCC/C=C\C/C=C\C/C=C\C/C=C\CC)COP(=O)(O)O. The van der Waals surface area contributed by atoms with Crippen molar-refractivity contribution >= 4 is 19.8 Å². The van der Waals surface area contributed by atoms with Gasteiger partial charge < -0.3 is 19.3 Å². The van der Waals surface area contributed by atoms with Crippen molar-refractivity contribution < 1.29 is 37.9 Å². The number of esters is 2. The lowest BCUT2D eigenvalue weighted by atomic mass is 10.1. The number of ether oxygens (including phenoxy) is 2. The number of phosphoric acid groups is 1. The van der Waals surface area contributed by atoms with Crippen LogP contribution in [0.15, 0.2) is 97.2 Å². The van der Waals surface area contributed by atoms with E-state index in [1.54, 1.807) is 0 Å². The van der Waals surface area contributed by atoms with E-state index in [2.05, 4.69) is 116 Å². The van der Waals surface area contributed by atoms with E-state index in [0.29, 0.717) is 12.8 Å². The molecule has 0 spiro atoms. The molecule has 0 heterocycles. The molecule has 0 saturated heterocycles. The summed E-state index contributed by atoms with van der Waals surface area (Å²) in [5.41, 5.74) is 0. The van der Waals surface area contributed by atoms with E-state index in [9.17, 15) is 14.2 Å².